The molecule has 5 aromatic rings. The lowest BCUT2D eigenvalue weighted by molar-refractivity contribution is -0.121. The number of nitrogens with one attached hydrogen (secondary N) is 1. The molecule has 5 rings (SSSR count). The van der Waals surface area contributed by atoms with Crippen molar-refractivity contribution in [1.29, 1.82) is 0 Å². The number of pyridine rings is 1. The highest BCUT2D eigenvalue weighted by molar-refractivity contribution is 5.76. The Balaban J connectivity index is 1.25. The number of aromatic nitrogens is 3. The zero-order valence-corrected chi connectivity index (χ0v) is 18.9. The zero-order valence-electron chi connectivity index (χ0n) is 18.9. The van der Waals surface area contributed by atoms with Crippen LogP contribution >= 0.6 is 0 Å². The molecule has 0 atom stereocenters. The standard InChI is InChI=1S/C28H23FN4O2/c29-25-9-5-4-8-24(25)26-12-10-23(35-26)11-13-27(34)31-18-21-19-33(22-6-2-1-3-7-22)32-28(21)20-14-16-30-17-15-20/h1-10,12,14-17,19H,11,13,18H2,(H,31,34). The number of para-hydroxylation sites is 1. The predicted molar refractivity (Wildman–Crippen MR) is 131 cm³/mol. The number of rotatable bonds is 8. The SMILES string of the molecule is O=C(CCc1ccc(-c2ccccc2F)o1)NCc1cn(-c2ccccc2)nc1-c1ccncc1. The number of benzene rings is 2. The highest BCUT2D eigenvalue weighted by Crippen LogP contribution is 2.26. The lowest BCUT2D eigenvalue weighted by Gasteiger charge is -2.05. The molecule has 1 N–H and O–H groups in total. The van der Waals surface area contributed by atoms with Crippen LogP contribution in [0.1, 0.15) is 17.7 Å². The Bertz CT molecular complexity index is 1430. The molecule has 3 aromatic heterocycles. The molecule has 6 nitrogen and oxygen atoms in total. The van der Waals surface area contributed by atoms with Gasteiger partial charge in [0.25, 0.3) is 0 Å². The Morgan fingerprint density at radius 3 is 2.51 bits per heavy atom. The lowest BCUT2D eigenvalue weighted by atomic mass is 10.1. The summed E-state index contributed by atoms with van der Waals surface area (Å²) in [6.45, 7) is 0.335. The Hall–Kier alpha value is -4.52. The lowest BCUT2D eigenvalue weighted by Crippen LogP contribution is -2.23. The van der Waals surface area contributed by atoms with Gasteiger partial charge < -0.3 is 9.73 Å². The van der Waals surface area contributed by atoms with Crippen LogP contribution < -0.4 is 5.32 Å². The average Bonchev–Trinajstić information content (AvgIpc) is 3.55. The third-order valence-electron chi connectivity index (χ3n) is 5.64. The quantitative estimate of drug-likeness (QED) is 0.324. The molecule has 0 aliphatic rings. The van der Waals surface area contributed by atoms with Gasteiger partial charge in [0, 0.05) is 49.1 Å². The number of carbonyl (C=O) groups excluding carboxylic acids is 1. The van der Waals surface area contributed by atoms with Crippen molar-refractivity contribution < 1.29 is 13.6 Å². The van der Waals surface area contributed by atoms with E-state index in [1.807, 2.05) is 53.3 Å². The maximum absolute atomic E-state index is 14.0. The van der Waals surface area contributed by atoms with Crippen molar-refractivity contribution in [2.75, 3.05) is 0 Å². The summed E-state index contributed by atoms with van der Waals surface area (Å²) in [7, 11) is 0. The molecule has 2 aromatic carbocycles. The van der Waals surface area contributed by atoms with Gasteiger partial charge in [-0.3, -0.25) is 9.78 Å². The van der Waals surface area contributed by atoms with Crippen molar-refractivity contribution in [3.63, 3.8) is 0 Å². The summed E-state index contributed by atoms with van der Waals surface area (Å²) in [5, 5.41) is 7.74. The summed E-state index contributed by atoms with van der Waals surface area (Å²) < 4.78 is 21.6. The van der Waals surface area contributed by atoms with E-state index >= 15 is 0 Å². The summed E-state index contributed by atoms with van der Waals surface area (Å²) in [5.41, 5.74) is 3.95. The van der Waals surface area contributed by atoms with Crippen LogP contribution in [0.15, 0.2) is 102 Å². The summed E-state index contributed by atoms with van der Waals surface area (Å²) in [6.07, 6.45) is 6.04. The van der Waals surface area contributed by atoms with Gasteiger partial charge in [0.15, 0.2) is 0 Å². The highest BCUT2D eigenvalue weighted by atomic mass is 19.1. The van der Waals surface area contributed by atoms with Crippen LogP contribution in [-0.4, -0.2) is 20.7 Å². The van der Waals surface area contributed by atoms with Crippen molar-refractivity contribution in [3.05, 3.63) is 115 Å². The van der Waals surface area contributed by atoms with Crippen LogP contribution in [0.2, 0.25) is 0 Å². The van der Waals surface area contributed by atoms with Crippen LogP contribution in [0.5, 0.6) is 0 Å². The number of halogens is 1. The number of hydrogen-bond donors (Lipinski definition) is 1. The van der Waals surface area contributed by atoms with Gasteiger partial charge in [0.1, 0.15) is 17.3 Å². The van der Waals surface area contributed by atoms with Gasteiger partial charge in [-0.05, 0) is 48.5 Å². The third kappa shape index (κ3) is 5.19. The van der Waals surface area contributed by atoms with Gasteiger partial charge in [0.2, 0.25) is 5.91 Å². The average molecular weight is 467 g/mol. The molecule has 0 aliphatic carbocycles. The first-order chi connectivity index (χ1) is 17.2. The number of carbonyl (C=O) groups is 1. The van der Waals surface area contributed by atoms with Crippen LogP contribution in [0.3, 0.4) is 0 Å². The number of nitrogens with zero attached hydrogens (tertiary/aromatic N) is 3. The maximum atomic E-state index is 14.0. The Morgan fingerprint density at radius 2 is 1.71 bits per heavy atom. The van der Waals surface area contributed by atoms with E-state index in [1.165, 1.54) is 6.07 Å². The number of hydrogen-bond acceptors (Lipinski definition) is 4. The molecule has 7 heteroatoms. The zero-order chi connectivity index (χ0) is 24.0. The minimum Gasteiger partial charge on any atom is -0.461 e. The van der Waals surface area contributed by atoms with E-state index in [0.29, 0.717) is 30.0 Å². The first-order valence-corrected chi connectivity index (χ1v) is 11.3. The highest BCUT2D eigenvalue weighted by Gasteiger charge is 2.14. The minimum absolute atomic E-state index is 0.109. The van der Waals surface area contributed by atoms with E-state index in [0.717, 1.165) is 22.5 Å². The predicted octanol–water partition coefficient (Wildman–Crippen LogP) is 5.58. The molecule has 174 valence electrons. The molecule has 0 saturated heterocycles. The molecule has 1 amide bonds. The minimum atomic E-state index is -0.341. The first-order valence-electron chi connectivity index (χ1n) is 11.3. The molecule has 0 aliphatic heterocycles. The van der Waals surface area contributed by atoms with Crippen LogP contribution in [-0.2, 0) is 17.8 Å². The molecule has 0 bridgehead atoms. The van der Waals surface area contributed by atoms with Crippen molar-refractivity contribution >= 4 is 5.91 Å². The van der Waals surface area contributed by atoms with Crippen molar-refractivity contribution in [1.82, 2.24) is 20.1 Å². The number of amides is 1. The third-order valence-corrected chi connectivity index (χ3v) is 5.64. The van der Waals surface area contributed by atoms with Gasteiger partial charge in [-0.25, -0.2) is 9.07 Å². The van der Waals surface area contributed by atoms with Gasteiger partial charge in [-0.2, -0.15) is 5.10 Å². The van der Waals surface area contributed by atoms with Gasteiger partial charge in [-0.1, -0.05) is 30.3 Å². The molecule has 0 unspecified atom stereocenters. The second kappa shape index (κ2) is 10.2. The van der Waals surface area contributed by atoms with Gasteiger partial charge >= 0.3 is 0 Å². The largest absolute Gasteiger partial charge is 0.461 e. The van der Waals surface area contributed by atoms with Crippen molar-refractivity contribution in [2.24, 2.45) is 0 Å². The summed E-state index contributed by atoms with van der Waals surface area (Å²) in [4.78, 5) is 16.7. The molecular formula is C28H23FN4O2. The molecule has 3 heterocycles. The fourth-order valence-electron chi connectivity index (χ4n) is 3.84. The van der Waals surface area contributed by atoms with E-state index in [4.69, 9.17) is 9.52 Å². The monoisotopic (exact) mass is 466 g/mol. The summed E-state index contributed by atoms with van der Waals surface area (Å²) >= 11 is 0. The summed E-state index contributed by atoms with van der Waals surface area (Å²) in [6, 6.07) is 23.6. The first kappa shape index (κ1) is 22.3. The molecule has 0 fully saturated rings. The number of aryl methyl sites for hydroxylation is 1. The Kier molecular flexibility index (Phi) is 6.48. The van der Waals surface area contributed by atoms with Gasteiger partial charge in [-0.15, -0.1) is 0 Å². The van der Waals surface area contributed by atoms with E-state index < -0.39 is 0 Å². The number of furan rings is 1. The molecule has 0 radical (unpaired) electrons. The molecule has 35 heavy (non-hydrogen) atoms. The topological polar surface area (TPSA) is 73.0 Å². The van der Waals surface area contributed by atoms with Crippen LogP contribution in [0.4, 0.5) is 4.39 Å². The van der Waals surface area contributed by atoms with Crippen molar-refractivity contribution in [2.45, 2.75) is 19.4 Å². The van der Waals surface area contributed by atoms with Gasteiger partial charge in [0.05, 0.1) is 16.9 Å². The van der Waals surface area contributed by atoms with Crippen molar-refractivity contribution in [3.8, 4) is 28.3 Å². The second-order valence-corrected chi connectivity index (χ2v) is 8.04. The summed E-state index contributed by atoms with van der Waals surface area (Å²) in [5.74, 6) is 0.635. The second-order valence-electron chi connectivity index (χ2n) is 8.04. The fraction of sp³-hybridized carbons (Fsp3) is 0.107. The van der Waals surface area contributed by atoms with Crippen LogP contribution in [0, 0.1) is 5.82 Å². The van der Waals surface area contributed by atoms with E-state index in [2.05, 4.69) is 10.3 Å². The normalized spacial score (nSPS) is 10.9. The molecule has 0 saturated carbocycles. The van der Waals surface area contributed by atoms with Crippen LogP contribution in [0.25, 0.3) is 28.3 Å². The fourth-order valence-corrected chi connectivity index (χ4v) is 3.84. The van der Waals surface area contributed by atoms with E-state index in [9.17, 15) is 9.18 Å². The maximum Gasteiger partial charge on any atom is 0.220 e. The smallest absolute Gasteiger partial charge is 0.220 e. The molecular weight excluding hydrogens is 443 g/mol. The van der Waals surface area contributed by atoms with E-state index in [-0.39, 0.29) is 18.1 Å². The Labute approximate surface area is 202 Å². The van der Waals surface area contributed by atoms with E-state index in [1.54, 1.807) is 42.7 Å². The Morgan fingerprint density at radius 1 is 0.943 bits per heavy atom. The molecule has 0 spiro atoms.